The summed E-state index contributed by atoms with van der Waals surface area (Å²) in [7, 11) is -4.07. The van der Waals surface area contributed by atoms with Crippen molar-refractivity contribution < 1.29 is 26.4 Å². The molecule has 0 aliphatic heterocycles. The Hall–Kier alpha value is -1.37. The maximum Gasteiger partial charge on any atom is 0.395 e. The molecule has 1 saturated carbocycles. The van der Waals surface area contributed by atoms with Crippen LogP contribution in [-0.4, -0.2) is 26.1 Å². The number of rotatable bonds is 4. The van der Waals surface area contributed by atoms with Gasteiger partial charge in [0.25, 0.3) is 0 Å². The second-order valence-electron chi connectivity index (χ2n) is 5.63. The first-order valence-corrected chi connectivity index (χ1v) is 8.08. The molecule has 1 fully saturated rings. The standard InChI is InChI=1S/C14H15F3O3S/c1-13(14(15,16)17,10-7-11(18)8-10)9-21(19,20)12-5-3-2-4-6-12/h2-6,10H,7-9H2,1H3. The number of alkyl halides is 3. The summed E-state index contributed by atoms with van der Waals surface area (Å²) in [6.07, 6.45) is -5.10. The fraction of sp³-hybridized carbons (Fsp3) is 0.500. The Morgan fingerprint density at radius 3 is 2.10 bits per heavy atom. The summed E-state index contributed by atoms with van der Waals surface area (Å²) >= 11 is 0. The van der Waals surface area contributed by atoms with Gasteiger partial charge in [-0.25, -0.2) is 8.42 Å². The third kappa shape index (κ3) is 2.97. The minimum absolute atomic E-state index is 0.133. The molecule has 21 heavy (non-hydrogen) atoms. The normalized spacial score (nSPS) is 19.9. The number of carbonyl (C=O) groups excluding carboxylic acids is 1. The number of Topliss-reactive ketones (excluding diaryl/α,β-unsaturated/α-hetero) is 1. The first-order valence-electron chi connectivity index (χ1n) is 6.42. The Kier molecular flexibility index (Phi) is 3.90. The summed E-state index contributed by atoms with van der Waals surface area (Å²) in [5.74, 6) is -2.26. The summed E-state index contributed by atoms with van der Waals surface area (Å²) in [5.41, 5.74) is -2.41. The van der Waals surface area contributed by atoms with E-state index < -0.39 is 33.1 Å². The molecule has 0 N–H and O–H groups in total. The first-order chi connectivity index (χ1) is 9.56. The Bertz CT molecular complexity index is 629. The summed E-state index contributed by atoms with van der Waals surface area (Å²) in [5, 5.41) is 0. The highest BCUT2D eigenvalue weighted by atomic mass is 32.2. The zero-order chi connectivity index (χ0) is 15.9. The molecule has 0 heterocycles. The van der Waals surface area contributed by atoms with Crippen LogP contribution in [0.4, 0.5) is 13.2 Å². The first kappa shape index (κ1) is 16.0. The van der Waals surface area contributed by atoms with Crippen molar-refractivity contribution in [1.82, 2.24) is 0 Å². The Balaban J connectivity index is 2.34. The summed E-state index contributed by atoms with van der Waals surface area (Å²) < 4.78 is 64.6. The van der Waals surface area contributed by atoms with E-state index in [1.165, 1.54) is 24.3 Å². The number of hydrogen-bond acceptors (Lipinski definition) is 3. The smallest absolute Gasteiger partial charge is 0.300 e. The largest absolute Gasteiger partial charge is 0.395 e. The van der Waals surface area contributed by atoms with E-state index in [-0.39, 0.29) is 23.5 Å². The van der Waals surface area contributed by atoms with Gasteiger partial charge in [0.15, 0.2) is 9.84 Å². The van der Waals surface area contributed by atoms with Gasteiger partial charge < -0.3 is 0 Å². The predicted octanol–water partition coefficient (Wildman–Crippen LogP) is 3.01. The second-order valence-corrected chi connectivity index (χ2v) is 7.62. The van der Waals surface area contributed by atoms with Crippen molar-refractivity contribution in [2.75, 3.05) is 5.75 Å². The fourth-order valence-corrected chi connectivity index (χ4v) is 4.40. The fourth-order valence-electron chi connectivity index (χ4n) is 2.48. The van der Waals surface area contributed by atoms with Crippen LogP contribution in [0.25, 0.3) is 0 Å². The monoisotopic (exact) mass is 320 g/mol. The molecule has 0 aromatic heterocycles. The van der Waals surface area contributed by atoms with Crippen LogP contribution in [0.15, 0.2) is 35.2 Å². The number of carbonyl (C=O) groups is 1. The molecule has 1 unspecified atom stereocenters. The van der Waals surface area contributed by atoms with Crippen molar-refractivity contribution >= 4 is 15.6 Å². The molecule has 7 heteroatoms. The average Bonchev–Trinajstić information content (AvgIpc) is 2.34. The van der Waals surface area contributed by atoms with E-state index in [1.54, 1.807) is 6.07 Å². The molecule has 0 bridgehead atoms. The molecule has 0 spiro atoms. The Morgan fingerprint density at radius 2 is 1.67 bits per heavy atom. The molecule has 1 aromatic rings. The quantitative estimate of drug-likeness (QED) is 0.857. The maximum atomic E-state index is 13.4. The average molecular weight is 320 g/mol. The van der Waals surface area contributed by atoms with Crippen LogP contribution in [0.3, 0.4) is 0 Å². The number of sulfone groups is 1. The van der Waals surface area contributed by atoms with Crippen LogP contribution in [0.1, 0.15) is 19.8 Å². The molecule has 1 aliphatic carbocycles. The van der Waals surface area contributed by atoms with Crippen LogP contribution >= 0.6 is 0 Å². The van der Waals surface area contributed by atoms with Gasteiger partial charge in [0, 0.05) is 12.8 Å². The molecule has 0 saturated heterocycles. The Morgan fingerprint density at radius 1 is 1.14 bits per heavy atom. The van der Waals surface area contributed by atoms with Gasteiger partial charge in [-0.1, -0.05) is 18.2 Å². The van der Waals surface area contributed by atoms with E-state index in [0.29, 0.717) is 0 Å². The lowest BCUT2D eigenvalue weighted by Gasteiger charge is -2.42. The van der Waals surface area contributed by atoms with Crippen LogP contribution in [0.2, 0.25) is 0 Å². The van der Waals surface area contributed by atoms with Crippen molar-refractivity contribution in [3.05, 3.63) is 30.3 Å². The highest BCUT2D eigenvalue weighted by molar-refractivity contribution is 7.91. The summed E-state index contributed by atoms with van der Waals surface area (Å²) in [6.45, 7) is 0.893. The van der Waals surface area contributed by atoms with Gasteiger partial charge in [0.2, 0.25) is 0 Å². The number of ketones is 1. The van der Waals surface area contributed by atoms with E-state index in [0.717, 1.165) is 6.92 Å². The second kappa shape index (κ2) is 5.12. The van der Waals surface area contributed by atoms with Crippen molar-refractivity contribution in [2.45, 2.75) is 30.8 Å². The molecule has 1 atom stereocenters. The third-order valence-corrected chi connectivity index (χ3v) is 6.06. The van der Waals surface area contributed by atoms with Gasteiger partial charge in [-0.2, -0.15) is 13.2 Å². The number of halogens is 3. The third-order valence-electron chi connectivity index (χ3n) is 4.09. The minimum atomic E-state index is -4.68. The number of benzene rings is 1. The van der Waals surface area contributed by atoms with E-state index in [2.05, 4.69) is 0 Å². The van der Waals surface area contributed by atoms with Crippen LogP contribution in [-0.2, 0) is 14.6 Å². The van der Waals surface area contributed by atoms with Crippen LogP contribution in [0, 0.1) is 11.3 Å². The van der Waals surface area contributed by atoms with Crippen LogP contribution in [0.5, 0.6) is 0 Å². The Labute approximate surface area is 121 Å². The van der Waals surface area contributed by atoms with Crippen molar-refractivity contribution in [3.8, 4) is 0 Å². The van der Waals surface area contributed by atoms with E-state index in [4.69, 9.17) is 0 Å². The lowest BCUT2D eigenvalue weighted by molar-refractivity contribution is -0.233. The topological polar surface area (TPSA) is 51.2 Å². The maximum absolute atomic E-state index is 13.4. The SMILES string of the molecule is CC(CS(=O)(=O)c1ccccc1)(C1CC(=O)C1)C(F)(F)F. The highest BCUT2D eigenvalue weighted by Crippen LogP contribution is 2.51. The van der Waals surface area contributed by atoms with Crippen molar-refractivity contribution in [1.29, 1.82) is 0 Å². The molecule has 2 rings (SSSR count). The summed E-state index contributed by atoms with van der Waals surface area (Å²) in [4.78, 5) is 10.9. The minimum Gasteiger partial charge on any atom is -0.300 e. The zero-order valence-electron chi connectivity index (χ0n) is 11.4. The van der Waals surface area contributed by atoms with Gasteiger partial charge >= 0.3 is 6.18 Å². The number of hydrogen-bond donors (Lipinski definition) is 0. The molecule has 3 nitrogen and oxygen atoms in total. The molecule has 0 radical (unpaired) electrons. The lowest BCUT2D eigenvalue weighted by atomic mass is 9.66. The molecular weight excluding hydrogens is 305 g/mol. The van der Waals surface area contributed by atoms with Crippen molar-refractivity contribution in [2.24, 2.45) is 11.3 Å². The summed E-state index contributed by atoms with van der Waals surface area (Å²) in [6, 6.07) is 7.07. The molecule has 0 amide bonds. The van der Waals surface area contributed by atoms with E-state index in [1.807, 2.05) is 0 Å². The van der Waals surface area contributed by atoms with Gasteiger partial charge in [0.05, 0.1) is 16.1 Å². The van der Waals surface area contributed by atoms with Gasteiger partial charge in [-0.05, 0) is 25.0 Å². The molecule has 116 valence electrons. The van der Waals surface area contributed by atoms with Gasteiger partial charge in [0.1, 0.15) is 5.78 Å². The van der Waals surface area contributed by atoms with Gasteiger partial charge in [-0.3, -0.25) is 4.79 Å². The predicted molar refractivity (Wildman–Crippen MR) is 70.4 cm³/mol. The molecule has 1 aromatic carbocycles. The molecular formula is C14H15F3O3S. The zero-order valence-corrected chi connectivity index (χ0v) is 12.2. The van der Waals surface area contributed by atoms with Gasteiger partial charge in [-0.15, -0.1) is 0 Å². The highest BCUT2D eigenvalue weighted by Gasteiger charge is 2.60. The van der Waals surface area contributed by atoms with Crippen LogP contribution < -0.4 is 0 Å². The lowest BCUT2D eigenvalue weighted by Crippen LogP contribution is -2.51. The van der Waals surface area contributed by atoms with E-state index in [9.17, 15) is 26.4 Å². The molecule has 1 aliphatic rings. The van der Waals surface area contributed by atoms with Crippen molar-refractivity contribution in [3.63, 3.8) is 0 Å². The van der Waals surface area contributed by atoms with E-state index >= 15 is 0 Å².